The Kier molecular flexibility index (Phi) is 3.44. The van der Waals surface area contributed by atoms with Crippen molar-refractivity contribution in [3.8, 4) is 0 Å². The van der Waals surface area contributed by atoms with Crippen molar-refractivity contribution in [2.75, 3.05) is 0 Å². The van der Waals surface area contributed by atoms with Crippen LogP contribution in [0, 0.1) is 22.7 Å². The van der Waals surface area contributed by atoms with Crippen LogP contribution in [-0.2, 0) is 16.0 Å². The highest BCUT2D eigenvalue weighted by Crippen LogP contribution is 2.67. The maximum atomic E-state index is 12.6. The number of carbonyl (C=O) groups is 1. The van der Waals surface area contributed by atoms with Gasteiger partial charge in [0.2, 0.25) is 0 Å². The Labute approximate surface area is 143 Å². The van der Waals surface area contributed by atoms with Crippen molar-refractivity contribution in [2.24, 2.45) is 22.7 Å². The van der Waals surface area contributed by atoms with E-state index in [-0.39, 0.29) is 29.3 Å². The third kappa shape index (κ3) is 1.92. The molecule has 24 heavy (non-hydrogen) atoms. The van der Waals surface area contributed by atoms with Crippen LogP contribution in [-0.4, -0.2) is 22.8 Å². The average molecular weight is 332 g/mol. The fourth-order valence-electron chi connectivity index (χ4n) is 6.30. The molecular weight excluding hydrogens is 304 g/mol. The van der Waals surface area contributed by atoms with Crippen molar-refractivity contribution in [3.63, 3.8) is 0 Å². The zero-order valence-electron chi connectivity index (χ0n) is 14.9. The van der Waals surface area contributed by atoms with Crippen LogP contribution in [0.2, 0.25) is 0 Å². The average Bonchev–Trinajstić information content (AvgIpc) is 3.12. The van der Waals surface area contributed by atoms with Crippen LogP contribution in [0.15, 0.2) is 23.0 Å². The molecule has 2 saturated carbocycles. The van der Waals surface area contributed by atoms with Crippen LogP contribution in [0.4, 0.5) is 0 Å². The molecule has 0 spiro atoms. The minimum Gasteiger partial charge on any atom is -0.472 e. The number of rotatable bonds is 3. The summed E-state index contributed by atoms with van der Waals surface area (Å²) in [6.07, 6.45) is 8.51. The van der Waals surface area contributed by atoms with E-state index in [4.69, 9.17) is 9.15 Å². The summed E-state index contributed by atoms with van der Waals surface area (Å²) < 4.78 is 11.0. The normalized spacial score (nSPS) is 47.3. The van der Waals surface area contributed by atoms with E-state index in [1.54, 1.807) is 12.5 Å². The van der Waals surface area contributed by atoms with Gasteiger partial charge in [-0.15, -0.1) is 0 Å². The molecule has 0 bridgehead atoms. The Hall–Kier alpha value is -1.29. The van der Waals surface area contributed by atoms with E-state index in [2.05, 4.69) is 20.8 Å². The van der Waals surface area contributed by atoms with Gasteiger partial charge in [-0.2, -0.15) is 0 Å². The van der Waals surface area contributed by atoms with Crippen LogP contribution < -0.4 is 0 Å². The highest BCUT2D eigenvalue weighted by molar-refractivity contribution is 5.80. The second-order valence-corrected chi connectivity index (χ2v) is 8.80. The molecule has 3 aliphatic rings. The van der Waals surface area contributed by atoms with Crippen molar-refractivity contribution in [1.82, 2.24) is 0 Å². The number of esters is 1. The Morgan fingerprint density at radius 1 is 1.33 bits per heavy atom. The van der Waals surface area contributed by atoms with E-state index in [1.165, 1.54) is 0 Å². The van der Waals surface area contributed by atoms with Gasteiger partial charge < -0.3 is 14.3 Å². The Morgan fingerprint density at radius 3 is 2.83 bits per heavy atom. The summed E-state index contributed by atoms with van der Waals surface area (Å²) in [6.45, 7) is 6.38. The third-order valence-corrected chi connectivity index (χ3v) is 7.63. The zero-order valence-corrected chi connectivity index (χ0v) is 14.9. The van der Waals surface area contributed by atoms with Crippen molar-refractivity contribution in [2.45, 2.75) is 71.0 Å². The lowest BCUT2D eigenvalue weighted by Gasteiger charge is -2.61. The monoisotopic (exact) mass is 332 g/mol. The molecule has 132 valence electrons. The molecule has 1 aromatic heterocycles. The van der Waals surface area contributed by atoms with Crippen LogP contribution in [0.3, 0.4) is 0 Å². The lowest BCUT2D eigenvalue weighted by Crippen LogP contribution is -2.65. The molecule has 1 aliphatic heterocycles. The molecular formula is C20H28O4. The van der Waals surface area contributed by atoms with Crippen molar-refractivity contribution < 1.29 is 19.1 Å². The Bertz CT molecular complexity index is 638. The number of furan rings is 1. The van der Waals surface area contributed by atoms with E-state index in [9.17, 15) is 9.90 Å². The van der Waals surface area contributed by atoms with Crippen LogP contribution in [0.5, 0.6) is 0 Å². The molecule has 3 unspecified atom stereocenters. The summed E-state index contributed by atoms with van der Waals surface area (Å²) in [5.74, 6) is 0.190. The number of ether oxygens (including phenoxy) is 1. The fraction of sp³-hybridized carbons (Fsp3) is 0.750. The predicted octanol–water partition coefficient (Wildman–Crippen LogP) is 3.72. The van der Waals surface area contributed by atoms with E-state index in [1.807, 2.05) is 6.07 Å². The van der Waals surface area contributed by atoms with Gasteiger partial charge in [-0.25, -0.2) is 0 Å². The molecule has 1 saturated heterocycles. The molecule has 3 fully saturated rings. The molecule has 0 radical (unpaired) electrons. The molecule has 0 amide bonds. The molecule has 4 heteroatoms. The molecule has 1 aromatic rings. The number of hydrogen-bond acceptors (Lipinski definition) is 4. The second-order valence-electron chi connectivity index (χ2n) is 8.80. The minimum atomic E-state index is -0.777. The summed E-state index contributed by atoms with van der Waals surface area (Å²) in [4.78, 5) is 12.6. The maximum absolute atomic E-state index is 12.6. The topological polar surface area (TPSA) is 59.7 Å². The van der Waals surface area contributed by atoms with E-state index < -0.39 is 11.0 Å². The SMILES string of the molecule is CC1CC2OC(=O)[C@@]3(C)CCC[C@](C)(C23)[C@]1(O)CCc1ccoc1. The van der Waals surface area contributed by atoms with Crippen molar-refractivity contribution in [3.05, 3.63) is 24.2 Å². The number of aryl methyl sites for hydroxylation is 1. The van der Waals surface area contributed by atoms with Gasteiger partial charge in [-0.3, -0.25) is 4.79 Å². The molecule has 2 aliphatic carbocycles. The van der Waals surface area contributed by atoms with Crippen LogP contribution in [0.25, 0.3) is 0 Å². The van der Waals surface area contributed by atoms with Gasteiger partial charge in [-0.05, 0) is 56.6 Å². The molecule has 1 N–H and O–H groups in total. The highest BCUT2D eigenvalue weighted by atomic mass is 16.6. The number of hydrogen-bond donors (Lipinski definition) is 1. The highest BCUT2D eigenvalue weighted by Gasteiger charge is 2.70. The summed E-state index contributed by atoms with van der Waals surface area (Å²) in [7, 11) is 0. The summed E-state index contributed by atoms with van der Waals surface area (Å²) in [5, 5.41) is 11.9. The van der Waals surface area contributed by atoms with Crippen molar-refractivity contribution >= 4 is 5.97 Å². The molecule has 6 atom stereocenters. The maximum Gasteiger partial charge on any atom is 0.312 e. The van der Waals surface area contributed by atoms with E-state index in [0.29, 0.717) is 6.42 Å². The lowest BCUT2D eigenvalue weighted by molar-refractivity contribution is -0.217. The minimum absolute atomic E-state index is 0.0306. The molecule has 2 heterocycles. The molecule has 4 rings (SSSR count). The van der Waals surface area contributed by atoms with Crippen molar-refractivity contribution in [1.29, 1.82) is 0 Å². The standard InChI is InChI=1S/C20H28O4/c1-13-11-15-16-18(2,17(21)24-15)7-4-8-19(16,3)20(13,22)9-5-14-6-10-23-12-14/h6,10,12-13,15-16,22H,4-5,7-9,11H2,1-3H3/t13?,15?,16?,18-,19+,20-/m0/s1. The smallest absolute Gasteiger partial charge is 0.312 e. The van der Waals surface area contributed by atoms with E-state index in [0.717, 1.165) is 37.7 Å². The molecule has 4 nitrogen and oxygen atoms in total. The Balaban J connectivity index is 1.70. The predicted molar refractivity (Wildman–Crippen MR) is 89.2 cm³/mol. The Morgan fingerprint density at radius 2 is 2.12 bits per heavy atom. The first kappa shape index (κ1) is 16.2. The lowest BCUT2D eigenvalue weighted by atomic mass is 9.44. The van der Waals surface area contributed by atoms with Gasteiger partial charge >= 0.3 is 5.97 Å². The summed E-state index contributed by atoms with van der Waals surface area (Å²) >= 11 is 0. The quantitative estimate of drug-likeness (QED) is 0.857. The largest absolute Gasteiger partial charge is 0.472 e. The first-order valence-corrected chi connectivity index (χ1v) is 9.26. The van der Waals surface area contributed by atoms with Gasteiger partial charge in [0.1, 0.15) is 6.10 Å². The van der Waals surface area contributed by atoms with Gasteiger partial charge in [-0.1, -0.05) is 20.3 Å². The van der Waals surface area contributed by atoms with Crippen LogP contribution >= 0.6 is 0 Å². The van der Waals surface area contributed by atoms with Gasteiger partial charge in [0.25, 0.3) is 0 Å². The second kappa shape index (κ2) is 5.10. The zero-order chi connectivity index (χ0) is 17.2. The molecule has 0 aromatic carbocycles. The number of aliphatic hydroxyl groups is 1. The van der Waals surface area contributed by atoms with Crippen LogP contribution in [0.1, 0.15) is 58.4 Å². The van der Waals surface area contributed by atoms with Gasteiger partial charge in [0.15, 0.2) is 0 Å². The first-order valence-electron chi connectivity index (χ1n) is 9.26. The fourth-order valence-corrected chi connectivity index (χ4v) is 6.30. The van der Waals surface area contributed by atoms with E-state index >= 15 is 0 Å². The first-order chi connectivity index (χ1) is 11.3. The summed E-state index contributed by atoms with van der Waals surface area (Å²) in [6, 6.07) is 1.97. The van der Waals surface area contributed by atoms with Gasteiger partial charge in [0, 0.05) is 11.3 Å². The third-order valence-electron chi connectivity index (χ3n) is 7.63. The summed E-state index contributed by atoms with van der Waals surface area (Å²) in [5.41, 5.74) is -0.362. The van der Waals surface area contributed by atoms with Gasteiger partial charge in [0.05, 0.1) is 23.5 Å². The number of carbonyl (C=O) groups excluding carboxylic acids is 1.